The van der Waals surface area contributed by atoms with Gasteiger partial charge in [0.2, 0.25) is 0 Å². The van der Waals surface area contributed by atoms with Gasteiger partial charge >= 0.3 is 0 Å². The van der Waals surface area contributed by atoms with Crippen LogP contribution < -0.4 is 5.32 Å². The number of aliphatic hydroxyl groups is 1. The highest BCUT2D eigenvalue weighted by Crippen LogP contribution is 2.30. The van der Waals surface area contributed by atoms with Crippen LogP contribution in [0.1, 0.15) is 55.6 Å². The molecule has 1 aliphatic rings. The second-order valence-corrected chi connectivity index (χ2v) is 7.78. The van der Waals surface area contributed by atoms with Crippen molar-refractivity contribution in [2.24, 2.45) is 5.92 Å². The Hall–Kier alpha value is -2.66. The number of aryl methyl sites for hydroxylation is 2. The molecule has 2 N–H and O–H groups in total. The number of nitriles is 1. The second kappa shape index (κ2) is 8.78. The first-order valence-electron chi connectivity index (χ1n) is 9.79. The molecule has 154 valence electrons. The number of hydrogen-bond donors (Lipinski definition) is 2. The number of halogens is 2. The van der Waals surface area contributed by atoms with Gasteiger partial charge in [-0.05, 0) is 43.2 Å². The molecule has 0 radical (unpaired) electrons. The Balaban J connectivity index is 1.74. The van der Waals surface area contributed by atoms with Gasteiger partial charge in [0.1, 0.15) is 23.3 Å². The number of aliphatic hydroxyl groups excluding tert-OH is 1. The summed E-state index contributed by atoms with van der Waals surface area (Å²) in [6, 6.07) is 3.43. The van der Waals surface area contributed by atoms with Gasteiger partial charge in [-0.25, -0.2) is 18.7 Å². The first-order chi connectivity index (χ1) is 13.8. The van der Waals surface area contributed by atoms with Crippen molar-refractivity contribution in [3.63, 3.8) is 0 Å². The number of anilines is 1. The monoisotopic (exact) mass is 401 g/mol. The summed E-state index contributed by atoms with van der Waals surface area (Å²) >= 11 is 0. The fraction of sp³-hybridized carbons (Fsp3) is 0.524. The zero-order chi connectivity index (χ0) is 21.0. The fourth-order valence-corrected chi connectivity index (χ4v) is 3.65. The summed E-state index contributed by atoms with van der Waals surface area (Å²) < 4.78 is 27.6. The summed E-state index contributed by atoms with van der Waals surface area (Å²) in [5.74, 6) is -1.80. The van der Waals surface area contributed by atoms with Crippen LogP contribution in [0.5, 0.6) is 0 Å². The number of pyridine rings is 1. The van der Waals surface area contributed by atoms with Crippen molar-refractivity contribution in [1.82, 2.24) is 15.0 Å². The van der Waals surface area contributed by atoms with E-state index in [0.29, 0.717) is 42.0 Å². The van der Waals surface area contributed by atoms with Gasteiger partial charge in [-0.1, -0.05) is 6.92 Å². The second-order valence-electron chi connectivity index (χ2n) is 7.78. The first kappa shape index (κ1) is 21.1. The molecule has 8 heteroatoms. The molecule has 29 heavy (non-hydrogen) atoms. The number of aromatic nitrogens is 3. The molecule has 1 aliphatic carbocycles. The Morgan fingerprint density at radius 3 is 2.79 bits per heavy atom. The maximum absolute atomic E-state index is 13.8. The van der Waals surface area contributed by atoms with E-state index in [1.165, 1.54) is 24.7 Å². The quantitative estimate of drug-likeness (QED) is 0.768. The molecule has 2 heterocycles. The SMILES string of the molecule is C[C@@H]1CC[C@H](Nc2nc(CCc3cnccc3C(C)(F)F)ncc2C#N)C[C@H]1O. The van der Waals surface area contributed by atoms with Crippen LogP contribution >= 0.6 is 0 Å². The third-order valence-corrected chi connectivity index (χ3v) is 5.45. The van der Waals surface area contributed by atoms with E-state index in [1.54, 1.807) is 0 Å². The van der Waals surface area contributed by atoms with Crippen LogP contribution in [0.25, 0.3) is 0 Å². The van der Waals surface area contributed by atoms with Crippen LogP contribution in [-0.4, -0.2) is 32.2 Å². The molecule has 1 fully saturated rings. The van der Waals surface area contributed by atoms with Crippen LogP contribution in [0.3, 0.4) is 0 Å². The predicted molar refractivity (Wildman–Crippen MR) is 104 cm³/mol. The molecule has 3 atom stereocenters. The molecule has 0 aromatic carbocycles. The highest BCUT2D eigenvalue weighted by molar-refractivity contribution is 5.51. The van der Waals surface area contributed by atoms with E-state index < -0.39 is 5.92 Å². The Bertz CT molecular complexity index is 893. The van der Waals surface area contributed by atoms with Gasteiger partial charge in [0, 0.05) is 37.3 Å². The molecule has 0 aliphatic heterocycles. The van der Waals surface area contributed by atoms with Crippen molar-refractivity contribution in [2.75, 3.05) is 5.32 Å². The Morgan fingerprint density at radius 1 is 1.31 bits per heavy atom. The highest BCUT2D eigenvalue weighted by Gasteiger charge is 2.28. The standard InChI is InChI=1S/C21H25F2N5O/c1-13-3-5-16(9-18(13)29)27-20-15(10-24)12-26-19(28-20)6-4-14-11-25-8-7-17(14)21(2,22)23/h7-8,11-13,16,18,29H,3-6,9H2,1-2H3,(H,26,27,28)/t13-,16+,18-/m1/s1. The largest absolute Gasteiger partial charge is 0.393 e. The molecule has 0 unspecified atom stereocenters. The van der Waals surface area contributed by atoms with E-state index >= 15 is 0 Å². The van der Waals surface area contributed by atoms with Gasteiger partial charge in [-0.15, -0.1) is 0 Å². The van der Waals surface area contributed by atoms with Gasteiger partial charge < -0.3 is 10.4 Å². The third-order valence-electron chi connectivity index (χ3n) is 5.45. The molecule has 3 rings (SSSR count). The Kier molecular flexibility index (Phi) is 6.38. The lowest BCUT2D eigenvalue weighted by Crippen LogP contribution is -2.35. The zero-order valence-corrected chi connectivity index (χ0v) is 16.6. The molecule has 1 saturated carbocycles. The van der Waals surface area contributed by atoms with Crippen LogP contribution in [0, 0.1) is 17.2 Å². The Labute approximate surface area is 169 Å². The van der Waals surface area contributed by atoms with E-state index in [1.807, 2.05) is 6.92 Å². The maximum Gasteiger partial charge on any atom is 0.270 e. The lowest BCUT2D eigenvalue weighted by atomic mass is 9.85. The van der Waals surface area contributed by atoms with Crippen molar-refractivity contribution in [3.05, 3.63) is 47.2 Å². The molecule has 0 amide bonds. The summed E-state index contributed by atoms with van der Waals surface area (Å²) in [4.78, 5) is 12.6. The minimum atomic E-state index is -2.95. The van der Waals surface area contributed by atoms with Crippen molar-refractivity contribution in [3.8, 4) is 6.07 Å². The zero-order valence-electron chi connectivity index (χ0n) is 16.6. The summed E-state index contributed by atoms with van der Waals surface area (Å²) in [5.41, 5.74) is 0.723. The summed E-state index contributed by atoms with van der Waals surface area (Å²) in [7, 11) is 0. The lowest BCUT2D eigenvalue weighted by molar-refractivity contribution is 0.0164. The smallest absolute Gasteiger partial charge is 0.270 e. The minimum absolute atomic E-state index is 0.0276. The number of rotatable bonds is 6. The third kappa shape index (κ3) is 5.24. The summed E-state index contributed by atoms with van der Waals surface area (Å²) in [5, 5.41) is 22.7. The summed E-state index contributed by atoms with van der Waals surface area (Å²) in [6.45, 7) is 2.89. The summed E-state index contributed by atoms with van der Waals surface area (Å²) in [6.07, 6.45) is 6.91. The number of alkyl halides is 2. The molecular weight excluding hydrogens is 376 g/mol. The Morgan fingerprint density at radius 2 is 2.10 bits per heavy atom. The maximum atomic E-state index is 13.8. The van der Waals surface area contributed by atoms with Gasteiger partial charge in [0.25, 0.3) is 5.92 Å². The van der Waals surface area contributed by atoms with E-state index in [4.69, 9.17) is 0 Å². The molecule has 0 bridgehead atoms. The van der Waals surface area contributed by atoms with Crippen LogP contribution in [0.15, 0.2) is 24.7 Å². The van der Waals surface area contributed by atoms with Crippen LogP contribution in [-0.2, 0) is 18.8 Å². The van der Waals surface area contributed by atoms with Crippen molar-refractivity contribution in [1.29, 1.82) is 5.26 Å². The number of nitrogens with one attached hydrogen (secondary N) is 1. The van der Waals surface area contributed by atoms with Gasteiger partial charge in [-0.2, -0.15) is 5.26 Å². The predicted octanol–water partition coefficient (Wildman–Crippen LogP) is 3.60. The van der Waals surface area contributed by atoms with Gasteiger partial charge in [-0.3, -0.25) is 4.98 Å². The van der Waals surface area contributed by atoms with Crippen LogP contribution in [0.2, 0.25) is 0 Å². The first-order valence-corrected chi connectivity index (χ1v) is 9.79. The molecule has 2 aromatic rings. The van der Waals surface area contributed by atoms with Crippen molar-refractivity contribution < 1.29 is 13.9 Å². The minimum Gasteiger partial charge on any atom is -0.393 e. The van der Waals surface area contributed by atoms with Crippen molar-refractivity contribution in [2.45, 2.75) is 64.0 Å². The number of hydrogen-bond acceptors (Lipinski definition) is 6. The normalized spacial score (nSPS) is 22.1. The fourth-order valence-electron chi connectivity index (χ4n) is 3.65. The molecular formula is C21H25F2N5O. The van der Waals surface area contributed by atoms with E-state index in [-0.39, 0.29) is 23.6 Å². The van der Waals surface area contributed by atoms with E-state index in [0.717, 1.165) is 19.8 Å². The molecule has 0 spiro atoms. The van der Waals surface area contributed by atoms with Crippen molar-refractivity contribution >= 4 is 5.82 Å². The topological polar surface area (TPSA) is 94.7 Å². The lowest BCUT2D eigenvalue weighted by Gasteiger charge is -2.31. The highest BCUT2D eigenvalue weighted by atomic mass is 19.3. The number of nitrogens with zero attached hydrogens (tertiary/aromatic N) is 4. The average molecular weight is 401 g/mol. The average Bonchev–Trinajstić information content (AvgIpc) is 2.69. The van der Waals surface area contributed by atoms with E-state index in [2.05, 4.69) is 26.3 Å². The molecule has 6 nitrogen and oxygen atoms in total. The van der Waals surface area contributed by atoms with Gasteiger partial charge in [0.05, 0.1) is 12.3 Å². The molecule has 0 saturated heterocycles. The van der Waals surface area contributed by atoms with Crippen LogP contribution in [0.4, 0.5) is 14.6 Å². The van der Waals surface area contributed by atoms with Gasteiger partial charge in [0.15, 0.2) is 0 Å². The molecule has 2 aromatic heterocycles. The van der Waals surface area contributed by atoms with E-state index in [9.17, 15) is 19.1 Å².